The lowest BCUT2D eigenvalue weighted by molar-refractivity contribution is 0.314. The summed E-state index contributed by atoms with van der Waals surface area (Å²) in [5.74, 6) is -0.150. The molecular formula is C12H14FN3. The molecule has 0 aromatic heterocycles. The SMILES string of the molecule is Fc1ccccc1[C@@H]1NCC[C@@H]2NC=N[C@@H]21. The van der Waals surface area contributed by atoms with Crippen molar-refractivity contribution in [3.8, 4) is 0 Å². The fraction of sp³-hybridized carbons (Fsp3) is 0.417. The molecule has 0 unspecified atom stereocenters. The molecule has 1 aromatic carbocycles. The minimum atomic E-state index is -0.150. The zero-order valence-electron chi connectivity index (χ0n) is 8.86. The predicted octanol–water partition coefficient (Wildman–Crippen LogP) is 1.23. The van der Waals surface area contributed by atoms with Gasteiger partial charge in [-0.2, -0.15) is 0 Å². The lowest BCUT2D eigenvalue weighted by Crippen LogP contribution is -2.48. The van der Waals surface area contributed by atoms with Crippen LogP contribution in [0.25, 0.3) is 0 Å². The molecule has 2 heterocycles. The van der Waals surface area contributed by atoms with E-state index in [1.807, 2.05) is 12.1 Å². The first-order valence-corrected chi connectivity index (χ1v) is 5.62. The van der Waals surface area contributed by atoms with Crippen molar-refractivity contribution in [2.75, 3.05) is 6.54 Å². The summed E-state index contributed by atoms with van der Waals surface area (Å²) >= 11 is 0. The molecule has 1 aromatic rings. The normalized spacial score (nSPS) is 32.2. The molecule has 84 valence electrons. The molecule has 0 amide bonds. The molecule has 4 heteroatoms. The first-order valence-electron chi connectivity index (χ1n) is 5.62. The van der Waals surface area contributed by atoms with Gasteiger partial charge in [0.2, 0.25) is 0 Å². The monoisotopic (exact) mass is 219 g/mol. The van der Waals surface area contributed by atoms with Gasteiger partial charge in [-0.3, -0.25) is 4.99 Å². The van der Waals surface area contributed by atoms with Crippen molar-refractivity contribution in [1.29, 1.82) is 0 Å². The smallest absolute Gasteiger partial charge is 0.128 e. The van der Waals surface area contributed by atoms with E-state index in [4.69, 9.17) is 0 Å². The third-order valence-electron chi connectivity index (χ3n) is 3.35. The number of rotatable bonds is 1. The fourth-order valence-electron chi connectivity index (χ4n) is 2.54. The Morgan fingerprint density at radius 1 is 1.31 bits per heavy atom. The molecule has 3 nitrogen and oxygen atoms in total. The standard InChI is InChI=1S/C12H14FN3/c13-9-4-2-1-3-8(9)11-12-10(5-6-14-11)15-7-16-12/h1-4,7,10-12,14H,5-6H2,(H,15,16)/t10-,11-,12-/m0/s1. The van der Waals surface area contributed by atoms with Crippen molar-refractivity contribution in [1.82, 2.24) is 10.6 Å². The molecule has 0 saturated carbocycles. The van der Waals surface area contributed by atoms with Crippen LogP contribution in [-0.4, -0.2) is 25.0 Å². The minimum absolute atomic E-state index is 0.00815. The summed E-state index contributed by atoms with van der Waals surface area (Å²) in [5, 5.41) is 6.58. The summed E-state index contributed by atoms with van der Waals surface area (Å²) in [6.07, 6.45) is 2.78. The average Bonchev–Trinajstić information content (AvgIpc) is 2.77. The summed E-state index contributed by atoms with van der Waals surface area (Å²) in [6, 6.07) is 7.39. The second-order valence-electron chi connectivity index (χ2n) is 4.28. The third-order valence-corrected chi connectivity index (χ3v) is 3.35. The molecule has 3 rings (SSSR count). The summed E-state index contributed by atoms with van der Waals surface area (Å²) in [6.45, 7) is 0.899. The summed E-state index contributed by atoms with van der Waals surface area (Å²) in [7, 11) is 0. The van der Waals surface area contributed by atoms with E-state index >= 15 is 0 Å². The van der Waals surface area contributed by atoms with Crippen LogP contribution in [0.4, 0.5) is 4.39 Å². The summed E-state index contributed by atoms with van der Waals surface area (Å²) in [5.41, 5.74) is 0.720. The van der Waals surface area contributed by atoms with Gasteiger partial charge in [0.05, 0.1) is 24.5 Å². The van der Waals surface area contributed by atoms with Crippen LogP contribution >= 0.6 is 0 Å². The molecule has 2 aliphatic heterocycles. The maximum atomic E-state index is 13.7. The Bertz CT molecular complexity index is 418. The van der Waals surface area contributed by atoms with E-state index < -0.39 is 0 Å². The van der Waals surface area contributed by atoms with Gasteiger partial charge in [-0.1, -0.05) is 18.2 Å². The molecule has 2 N–H and O–H groups in total. The van der Waals surface area contributed by atoms with Crippen LogP contribution in [0.2, 0.25) is 0 Å². The highest BCUT2D eigenvalue weighted by Gasteiger charge is 2.36. The van der Waals surface area contributed by atoms with E-state index in [-0.39, 0.29) is 17.9 Å². The van der Waals surface area contributed by atoms with Crippen molar-refractivity contribution < 1.29 is 4.39 Å². The number of fused-ring (bicyclic) bond motifs is 1. The third kappa shape index (κ3) is 1.50. The van der Waals surface area contributed by atoms with Gasteiger partial charge >= 0.3 is 0 Å². The van der Waals surface area contributed by atoms with E-state index in [9.17, 15) is 4.39 Å². The molecule has 1 saturated heterocycles. The van der Waals surface area contributed by atoms with E-state index in [2.05, 4.69) is 15.6 Å². The topological polar surface area (TPSA) is 36.4 Å². The van der Waals surface area contributed by atoms with Crippen LogP contribution in [0, 0.1) is 5.82 Å². The van der Waals surface area contributed by atoms with E-state index in [0.717, 1.165) is 18.5 Å². The van der Waals surface area contributed by atoms with Crippen molar-refractivity contribution in [3.63, 3.8) is 0 Å². The Morgan fingerprint density at radius 2 is 2.19 bits per heavy atom. The van der Waals surface area contributed by atoms with E-state index in [0.29, 0.717) is 6.04 Å². The van der Waals surface area contributed by atoms with Crippen LogP contribution in [0.1, 0.15) is 18.0 Å². The van der Waals surface area contributed by atoms with Crippen LogP contribution in [-0.2, 0) is 0 Å². The summed E-state index contributed by atoms with van der Waals surface area (Å²) < 4.78 is 13.7. The molecule has 2 aliphatic rings. The molecule has 1 fully saturated rings. The molecule has 0 radical (unpaired) electrons. The number of nitrogens with one attached hydrogen (secondary N) is 2. The Labute approximate surface area is 93.8 Å². The van der Waals surface area contributed by atoms with Crippen molar-refractivity contribution in [2.24, 2.45) is 4.99 Å². The van der Waals surface area contributed by atoms with Gasteiger partial charge in [-0.25, -0.2) is 4.39 Å². The fourth-order valence-corrected chi connectivity index (χ4v) is 2.54. The first-order chi connectivity index (χ1) is 7.86. The predicted molar refractivity (Wildman–Crippen MR) is 61.0 cm³/mol. The number of piperidine rings is 1. The number of halogens is 1. The van der Waals surface area contributed by atoms with Crippen LogP contribution in [0.15, 0.2) is 29.3 Å². The van der Waals surface area contributed by atoms with Crippen LogP contribution in [0.5, 0.6) is 0 Å². The highest BCUT2D eigenvalue weighted by molar-refractivity contribution is 5.59. The molecular weight excluding hydrogens is 205 g/mol. The van der Waals surface area contributed by atoms with Crippen molar-refractivity contribution >= 4 is 6.34 Å². The molecule has 16 heavy (non-hydrogen) atoms. The Hall–Kier alpha value is -1.42. The Kier molecular flexibility index (Phi) is 2.36. The highest BCUT2D eigenvalue weighted by Crippen LogP contribution is 2.29. The number of aliphatic imine (C=N–C) groups is 1. The average molecular weight is 219 g/mol. The second kappa shape index (κ2) is 3.87. The molecule has 3 atom stereocenters. The number of hydrogen-bond acceptors (Lipinski definition) is 3. The molecule has 0 spiro atoms. The zero-order chi connectivity index (χ0) is 11.0. The largest absolute Gasteiger partial charge is 0.371 e. The van der Waals surface area contributed by atoms with Gasteiger partial charge in [0.25, 0.3) is 0 Å². The number of benzene rings is 1. The van der Waals surface area contributed by atoms with Crippen LogP contribution < -0.4 is 10.6 Å². The highest BCUT2D eigenvalue weighted by atomic mass is 19.1. The quantitative estimate of drug-likeness (QED) is 0.745. The lowest BCUT2D eigenvalue weighted by Gasteiger charge is -2.33. The van der Waals surface area contributed by atoms with Gasteiger partial charge < -0.3 is 10.6 Å². The van der Waals surface area contributed by atoms with E-state index in [1.165, 1.54) is 6.07 Å². The molecule has 0 aliphatic carbocycles. The van der Waals surface area contributed by atoms with Gasteiger partial charge in [-0.15, -0.1) is 0 Å². The Morgan fingerprint density at radius 3 is 3.06 bits per heavy atom. The second-order valence-corrected chi connectivity index (χ2v) is 4.28. The molecule has 0 bridgehead atoms. The zero-order valence-corrected chi connectivity index (χ0v) is 8.86. The lowest BCUT2D eigenvalue weighted by atomic mass is 9.89. The number of nitrogens with zero attached hydrogens (tertiary/aromatic N) is 1. The minimum Gasteiger partial charge on any atom is -0.371 e. The van der Waals surface area contributed by atoms with Crippen molar-refractivity contribution in [3.05, 3.63) is 35.6 Å². The maximum Gasteiger partial charge on any atom is 0.128 e. The first kappa shape index (κ1) is 9.78. The van der Waals surface area contributed by atoms with E-state index in [1.54, 1.807) is 12.4 Å². The maximum absolute atomic E-state index is 13.7. The van der Waals surface area contributed by atoms with Crippen molar-refractivity contribution in [2.45, 2.75) is 24.5 Å². The van der Waals surface area contributed by atoms with Crippen LogP contribution in [0.3, 0.4) is 0 Å². The Balaban J connectivity index is 1.94. The van der Waals surface area contributed by atoms with Gasteiger partial charge in [0, 0.05) is 5.56 Å². The number of hydrogen-bond donors (Lipinski definition) is 2. The van der Waals surface area contributed by atoms with Gasteiger partial charge in [-0.05, 0) is 19.0 Å². The summed E-state index contributed by atoms with van der Waals surface area (Å²) in [4.78, 5) is 4.39. The van der Waals surface area contributed by atoms with Gasteiger partial charge in [0.15, 0.2) is 0 Å². The van der Waals surface area contributed by atoms with Gasteiger partial charge in [0.1, 0.15) is 5.82 Å².